The number of benzene rings is 1. The Morgan fingerprint density at radius 3 is 2.43 bits per heavy atom. The van der Waals surface area contributed by atoms with Gasteiger partial charge in [-0.2, -0.15) is 0 Å². The molecule has 2 nitrogen and oxygen atoms in total. The molecule has 5 heteroatoms. The summed E-state index contributed by atoms with van der Waals surface area (Å²) in [5.41, 5.74) is 3.36. The first kappa shape index (κ1) is 13.4. The zero-order valence-electron chi connectivity index (χ0n) is 7.48. The van der Waals surface area contributed by atoms with Crippen molar-refractivity contribution in [3.05, 3.63) is 29.9 Å². The molecule has 0 aromatic heterocycles. The summed E-state index contributed by atoms with van der Waals surface area (Å²) in [6.45, 7) is 2.76. The normalized spacial score (nSPS) is 10.6. The smallest absolute Gasteiger partial charge is 0.110 e. The van der Waals surface area contributed by atoms with Crippen LogP contribution in [0.1, 0.15) is 16.7 Å². The molecule has 0 heterocycles. The van der Waals surface area contributed by atoms with E-state index in [2.05, 4.69) is 52.1 Å². The third-order valence-electron chi connectivity index (χ3n) is 2.01. The quantitative estimate of drug-likeness (QED) is 0.607. The van der Waals surface area contributed by atoms with E-state index in [4.69, 9.17) is 3.07 Å². The molecule has 1 rings (SSSR count). The Kier molecular flexibility index (Phi) is 5.89. The highest BCUT2D eigenvalue weighted by molar-refractivity contribution is 14.1. The summed E-state index contributed by atoms with van der Waals surface area (Å²) >= 11 is 6.46. The topological polar surface area (TPSA) is 29.5 Å². The average Bonchev–Trinajstić information content (AvgIpc) is 2.19. The zero-order chi connectivity index (χ0) is 10.7. The van der Waals surface area contributed by atoms with Gasteiger partial charge in [-0.05, 0) is 74.9 Å². The van der Waals surface area contributed by atoms with Crippen LogP contribution in [0, 0.1) is 14.1 Å². The average molecular weight is 530 g/mol. The fourth-order valence-electron chi connectivity index (χ4n) is 1.15. The summed E-state index contributed by atoms with van der Waals surface area (Å²) in [6, 6.07) is 2.01. The van der Waals surface area contributed by atoms with Crippen molar-refractivity contribution in [1.82, 2.24) is 0 Å². The second-order valence-corrected chi connectivity index (χ2v) is 5.64. The lowest BCUT2D eigenvalue weighted by atomic mass is 10.1. The molecule has 0 spiro atoms. The van der Waals surface area contributed by atoms with Gasteiger partial charge in [-0.1, -0.05) is 0 Å². The lowest BCUT2D eigenvalue weighted by Gasteiger charge is -2.11. The van der Waals surface area contributed by atoms with Crippen molar-refractivity contribution in [2.75, 3.05) is 0 Å². The highest BCUT2D eigenvalue weighted by Crippen LogP contribution is 2.27. The van der Waals surface area contributed by atoms with Gasteiger partial charge in [-0.15, -0.1) is 0 Å². The summed E-state index contributed by atoms with van der Waals surface area (Å²) in [5, 5.41) is 9.18. The Morgan fingerprint density at radius 1 is 1.29 bits per heavy atom. The Hall–Kier alpha value is 1.33. The maximum absolute atomic E-state index is 9.18. The molecule has 1 aromatic rings. The van der Waals surface area contributed by atoms with E-state index in [0.717, 1.165) is 14.7 Å². The first-order valence-electron chi connectivity index (χ1n) is 3.92. The molecule has 0 atom stereocenters. The molecule has 0 saturated carbocycles. The van der Waals surface area contributed by atoms with Crippen LogP contribution in [-0.2, 0) is 16.3 Å². The number of halogens is 3. The third-order valence-corrected chi connectivity index (χ3v) is 5.94. The van der Waals surface area contributed by atoms with Gasteiger partial charge in [0.05, 0.1) is 13.2 Å². The molecule has 0 aliphatic rings. The molecule has 0 fully saturated rings. The molecule has 1 aromatic carbocycles. The maximum Gasteiger partial charge on any atom is 0.110 e. The Labute approximate surface area is 125 Å². The Morgan fingerprint density at radius 2 is 1.93 bits per heavy atom. The summed E-state index contributed by atoms with van der Waals surface area (Å²) in [5.74, 6) is 0. The van der Waals surface area contributed by atoms with Gasteiger partial charge in [0.25, 0.3) is 0 Å². The largest absolute Gasteiger partial charge is 0.392 e. The van der Waals surface area contributed by atoms with Gasteiger partial charge in [0.15, 0.2) is 0 Å². The summed E-state index contributed by atoms with van der Waals surface area (Å²) < 4.78 is 7.43. The fourth-order valence-corrected chi connectivity index (χ4v) is 2.91. The molecule has 0 unspecified atom stereocenters. The van der Waals surface area contributed by atoms with Gasteiger partial charge in [-0.25, -0.2) is 0 Å². The zero-order valence-corrected chi connectivity index (χ0v) is 14.0. The van der Waals surface area contributed by atoms with Crippen LogP contribution in [0.3, 0.4) is 0 Å². The van der Waals surface area contributed by atoms with Gasteiger partial charge >= 0.3 is 0 Å². The first-order valence-corrected chi connectivity index (χ1v) is 6.96. The van der Waals surface area contributed by atoms with Crippen LogP contribution < -0.4 is 0 Å². The van der Waals surface area contributed by atoms with E-state index >= 15 is 0 Å². The standard InChI is InChI=1S/C9H9I3O2/c1-5-7(4-14-12)2-6(3-13)9(11)8(5)10/h2,13H,3-4H2,1H3. The molecule has 78 valence electrons. The molecular weight excluding hydrogens is 521 g/mol. The highest BCUT2D eigenvalue weighted by atomic mass is 127. The van der Waals surface area contributed by atoms with Gasteiger partial charge in [0, 0.05) is 7.14 Å². The molecule has 0 radical (unpaired) electrons. The van der Waals surface area contributed by atoms with Crippen molar-refractivity contribution in [3.8, 4) is 0 Å². The molecule has 1 N–H and O–H groups in total. The second-order valence-electron chi connectivity index (χ2n) is 2.86. The second kappa shape index (κ2) is 6.16. The van der Waals surface area contributed by atoms with E-state index in [1.165, 1.54) is 9.13 Å². The third kappa shape index (κ3) is 2.92. The number of rotatable bonds is 3. The van der Waals surface area contributed by atoms with Gasteiger partial charge < -0.3 is 8.17 Å². The minimum Gasteiger partial charge on any atom is -0.392 e. The van der Waals surface area contributed by atoms with Gasteiger partial charge in [-0.3, -0.25) is 0 Å². The molecule has 0 aliphatic heterocycles. The van der Waals surface area contributed by atoms with Crippen LogP contribution in [0.5, 0.6) is 0 Å². The molecule has 0 amide bonds. The van der Waals surface area contributed by atoms with Crippen LogP contribution in [0.2, 0.25) is 0 Å². The lowest BCUT2D eigenvalue weighted by Crippen LogP contribution is -2.00. The van der Waals surface area contributed by atoms with E-state index in [-0.39, 0.29) is 6.61 Å². The van der Waals surface area contributed by atoms with Crippen molar-refractivity contribution < 1.29 is 8.17 Å². The number of hydrogen-bond acceptors (Lipinski definition) is 2. The summed E-state index contributed by atoms with van der Waals surface area (Å²) in [6.07, 6.45) is 0. The highest BCUT2D eigenvalue weighted by Gasteiger charge is 2.10. The van der Waals surface area contributed by atoms with E-state index in [9.17, 15) is 5.11 Å². The molecule has 14 heavy (non-hydrogen) atoms. The predicted molar refractivity (Wildman–Crippen MR) is 81.3 cm³/mol. The minimum atomic E-state index is 0.0861. The molecular formula is C9H9I3O2. The van der Waals surface area contributed by atoms with Crippen molar-refractivity contribution in [3.63, 3.8) is 0 Å². The van der Waals surface area contributed by atoms with Gasteiger partial charge in [0.2, 0.25) is 0 Å². The van der Waals surface area contributed by atoms with E-state index in [1.807, 2.05) is 29.1 Å². The maximum atomic E-state index is 9.18. The number of aliphatic hydroxyl groups excluding tert-OH is 1. The van der Waals surface area contributed by atoms with Crippen molar-refractivity contribution >= 4 is 68.2 Å². The fraction of sp³-hybridized carbons (Fsp3) is 0.333. The number of aliphatic hydroxyl groups is 1. The first-order chi connectivity index (χ1) is 6.61. The van der Waals surface area contributed by atoms with Crippen molar-refractivity contribution in [2.24, 2.45) is 0 Å². The van der Waals surface area contributed by atoms with Crippen molar-refractivity contribution in [2.45, 2.75) is 20.1 Å². The molecule has 0 bridgehead atoms. The van der Waals surface area contributed by atoms with E-state index in [0.29, 0.717) is 6.61 Å². The van der Waals surface area contributed by atoms with Crippen LogP contribution in [0.25, 0.3) is 0 Å². The van der Waals surface area contributed by atoms with Crippen LogP contribution in [0.4, 0.5) is 0 Å². The SMILES string of the molecule is Cc1c(COI)cc(CO)c(I)c1I. The van der Waals surface area contributed by atoms with Crippen LogP contribution >= 0.6 is 68.2 Å². The van der Waals surface area contributed by atoms with E-state index in [1.54, 1.807) is 0 Å². The Bertz CT molecular complexity index is 339. The molecule has 0 aliphatic carbocycles. The summed E-state index contributed by atoms with van der Waals surface area (Å²) in [7, 11) is 0. The monoisotopic (exact) mass is 530 g/mol. The van der Waals surface area contributed by atoms with Gasteiger partial charge in [0.1, 0.15) is 23.0 Å². The van der Waals surface area contributed by atoms with Crippen LogP contribution in [-0.4, -0.2) is 5.11 Å². The summed E-state index contributed by atoms with van der Waals surface area (Å²) in [4.78, 5) is 0. The minimum absolute atomic E-state index is 0.0861. The van der Waals surface area contributed by atoms with E-state index < -0.39 is 0 Å². The number of hydrogen-bond donors (Lipinski definition) is 1. The van der Waals surface area contributed by atoms with Crippen LogP contribution in [0.15, 0.2) is 6.07 Å². The predicted octanol–water partition coefficient (Wildman–Crippen LogP) is 3.56. The lowest BCUT2D eigenvalue weighted by molar-refractivity contribution is 0.280. The Balaban J connectivity index is 3.25. The molecule has 0 saturated heterocycles. The van der Waals surface area contributed by atoms with Crippen molar-refractivity contribution in [1.29, 1.82) is 0 Å².